The number of hydrogen-bond acceptors (Lipinski definition) is 6. The first-order valence-corrected chi connectivity index (χ1v) is 9.75. The van der Waals surface area contributed by atoms with Gasteiger partial charge in [0.2, 0.25) is 0 Å². The number of nitrogens with zero attached hydrogens (tertiary/aromatic N) is 2. The Labute approximate surface area is 184 Å². The lowest BCUT2D eigenvalue weighted by Crippen LogP contribution is -2.42. The number of ether oxygens (including phenoxy) is 3. The highest BCUT2D eigenvalue weighted by Gasteiger charge is 2.33. The second kappa shape index (κ2) is 8.84. The minimum Gasteiger partial charge on any atom is -0.496 e. The maximum atomic E-state index is 13.4. The molecule has 0 aliphatic carbocycles. The zero-order chi connectivity index (χ0) is 22.7. The molecule has 2 aromatic carbocycles. The fraction of sp³-hybridized carbons (Fsp3) is 0.174. The van der Waals surface area contributed by atoms with Crippen LogP contribution >= 0.6 is 0 Å². The predicted octanol–water partition coefficient (Wildman–Crippen LogP) is 3.02. The molecule has 3 aromatic rings. The van der Waals surface area contributed by atoms with Crippen molar-refractivity contribution in [2.75, 3.05) is 21.3 Å². The van der Waals surface area contributed by atoms with Crippen LogP contribution in [0.5, 0.6) is 17.2 Å². The van der Waals surface area contributed by atoms with Crippen molar-refractivity contribution in [3.8, 4) is 22.9 Å². The Bertz CT molecular complexity index is 1140. The van der Waals surface area contributed by atoms with Crippen LogP contribution in [0.2, 0.25) is 0 Å². The van der Waals surface area contributed by atoms with Gasteiger partial charge in [-0.15, -0.1) is 0 Å². The standard InChI is InChI=1S/C23H22N4O5/c1-30-16-10-18(31-2)20(19(11-16)32-3)21-17(12-25-23(29)26-21)22(28)14-4-6-15(7-5-14)27-9-8-24-13-27/h4-13,21H,1-3H3,(H2,25,26,29). The van der Waals surface area contributed by atoms with E-state index in [-0.39, 0.29) is 5.78 Å². The molecule has 0 fully saturated rings. The number of carbonyl (C=O) groups is 2. The second-order valence-corrected chi connectivity index (χ2v) is 6.94. The molecule has 1 aliphatic rings. The number of ketones is 1. The number of hydrogen-bond donors (Lipinski definition) is 2. The predicted molar refractivity (Wildman–Crippen MR) is 116 cm³/mol. The molecule has 2 N–H and O–H groups in total. The molecule has 1 aromatic heterocycles. The van der Waals surface area contributed by atoms with Crippen LogP contribution in [0.1, 0.15) is 22.0 Å². The highest BCUT2D eigenvalue weighted by molar-refractivity contribution is 6.10. The Morgan fingerprint density at radius 1 is 1.03 bits per heavy atom. The third-order valence-corrected chi connectivity index (χ3v) is 5.18. The zero-order valence-corrected chi connectivity index (χ0v) is 17.8. The van der Waals surface area contributed by atoms with Crippen molar-refractivity contribution in [1.82, 2.24) is 20.2 Å². The molecular weight excluding hydrogens is 412 g/mol. The lowest BCUT2D eigenvalue weighted by Gasteiger charge is -2.28. The quantitative estimate of drug-likeness (QED) is 0.554. The maximum absolute atomic E-state index is 13.4. The van der Waals surface area contributed by atoms with Gasteiger partial charge in [0.1, 0.15) is 17.2 Å². The molecule has 1 unspecified atom stereocenters. The van der Waals surface area contributed by atoms with Gasteiger partial charge in [-0.3, -0.25) is 4.79 Å². The average Bonchev–Trinajstić information content (AvgIpc) is 3.37. The molecule has 2 heterocycles. The first kappa shape index (κ1) is 21.0. The largest absolute Gasteiger partial charge is 0.496 e. The monoisotopic (exact) mass is 434 g/mol. The second-order valence-electron chi connectivity index (χ2n) is 6.94. The maximum Gasteiger partial charge on any atom is 0.319 e. The molecule has 4 rings (SSSR count). The van der Waals surface area contributed by atoms with Crippen molar-refractivity contribution in [1.29, 1.82) is 0 Å². The highest BCUT2D eigenvalue weighted by Crippen LogP contribution is 2.42. The van der Waals surface area contributed by atoms with Crippen molar-refractivity contribution in [3.63, 3.8) is 0 Å². The van der Waals surface area contributed by atoms with Crippen LogP contribution in [0.25, 0.3) is 5.69 Å². The fourth-order valence-electron chi connectivity index (χ4n) is 3.58. The van der Waals surface area contributed by atoms with Gasteiger partial charge in [-0.25, -0.2) is 9.78 Å². The summed E-state index contributed by atoms with van der Waals surface area (Å²) in [5.41, 5.74) is 2.19. The van der Waals surface area contributed by atoms with Crippen LogP contribution in [0, 0.1) is 0 Å². The smallest absolute Gasteiger partial charge is 0.319 e. The molecule has 0 bridgehead atoms. The summed E-state index contributed by atoms with van der Waals surface area (Å²) >= 11 is 0. The number of rotatable bonds is 7. The highest BCUT2D eigenvalue weighted by atomic mass is 16.5. The van der Waals surface area contributed by atoms with Crippen LogP contribution in [-0.2, 0) is 0 Å². The summed E-state index contributed by atoms with van der Waals surface area (Å²) in [6, 6.07) is 9.23. The molecular formula is C23H22N4O5. The van der Waals surface area contributed by atoms with Gasteiger partial charge < -0.3 is 29.4 Å². The SMILES string of the molecule is COc1cc(OC)c(C2NC(=O)NC=C2C(=O)c2ccc(-n3ccnc3)cc2)c(OC)c1. The summed E-state index contributed by atoms with van der Waals surface area (Å²) in [6.07, 6.45) is 6.59. The Kier molecular flexibility index (Phi) is 5.80. The third-order valence-electron chi connectivity index (χ3n) is 5.18. The van der Waals surface area contributed by atoms with Gasteiger partial charge in [0, 0.05) is 47.6 Å². The first-order chi connectivity index (χ1) is 15.5. The molecule has 0 saturated carbocycles. The molecule has 0 saturated heterocycles. The molecule has 9 nitrogen and oxygen atoms in total. The number of aromatic nitrogens is 2. The van der Waals surface area contributed by atoms with E-state index < -0.39 is 12.1 Å². The zero-order valence-electron chi connectivity index (χ0n) is 17.8. The number of Topliss-reactive ketones (excluding diaryl/α,β-unsaturated/α-hetero) is 1. The number of urea groups is 1. The summed E-state index contributed by atoms with van der Waals surface area (Å²) < 4.78 is 18.2. The van der Waals surface area contributed by atoms with E-state index in [0.29, 0.717) is 33.9 Å². The number of methoxy groups -OCH3 is 3. The van der Waals surface area contributed by atoms with E-state index in [9.17, 15) is 9.59 Å². The summed E-state index contributed by atoms with van der Waals surface area (Å²) in [4.78, 5) is 29.6. The molecule has 1 atom stereocenters. The number of carbonyl (C=O) groups excluding carboxylic acids is 2. The van der Waals surface area contributed by atoms with Gasteiger partial charge in [0.05, 0.1) is 39.3 Å². The topological polar surface area (TPSA) is 104 Å². The fourth-order valence-corrected chi connectivity index (χ4v) is 3.58. The Hall–Kier alpha value is -4.27. The van der Waals surface area contributed by atoms with Crippen molar-refractivity contribution in [3.05, 3.63) is 78.0 Å². The molecule has 0 spiro atoms. The molecule has 164 valence electrons. The summed E-state index contributed by atoms with van der Waals surface area (Å²) in [7, 11) is 4.53. The minimum absolute atomic E-state index is 0.250. The molecule has 0 radical (unpaired) electrons. The molecule has 1 aliphatic heterocycles. The van der Waals surface area contributed by atoms with E-state index in [1.54, 1.807) is 36.8 Å². The van der Waals surface area contributed by atoms with E-state index in [4.69, 9.17) is 14.2 Å². The number of nitrogens with one attached hydrogen (secondary N) is 2. The Morgan fingerprint density at radius 3 is 2.28 bits per heavy atom. The van der Waals surface area contributed by atoms with Crippen molar-refractivity contribution in [2.24, 2.45) is 0 Å². The average molecular weight is 434 g/mol. The van der Waals surface area contributed by atoms with E-state index in [1.165, 1.54) is 27.5 Å². The number of imidazole rings is 1. The van der Waals surface area contributed by atoms with Crippen molar-refractivity contribution in [2.45, 2.75) is 6.04 Å². The van der Waals surface area contributed by atoms with Crippen LogP contribution in [-0.4, -0.2) is 42.7 Å². The normalized spacial score (nSPS) is 15.3. The van der Waals surface area contributed by atoms with E-state index in [1.807, 2.05) is 22.9 Å². The summed E-state index contributed by atoms with van der Waals surface area (Å²) in [5, 5.41) is 5.36. The summed E-state index contributed by atoms with van der Waals surface area (Å²) in [6.45, 7) is 0. The Morgan fingerprint density at radius 2 is 1.72 bits per heavy atom. The van der Waals surface area contributed by atoms with Crippen molar-refractivity contribution < 1.29 is 23.8 Å². The molecule has 2 amide bonds. The van der Waals surface area contributed by atoms with Gasteiger partial charge in [-0.05, 0) is 24.3 Å². The first-order valence-electron chi connectivity index (χ1n) is 9.75. The number of benzene rings is 2. The van der Waals surface area contributed by atoms with Gasteiger partial charge in [-0.2, -0.15) is 0 Å². The van der Waals surface area contributed by atoms with Gasteiger partial charge in [0.15, 0.2) is 5.78 Å². The van der Waals surface area contributed by atoms with E-state index >= 15 is 0 Å². The van der Waals surface area contributed by atoms with Crippen LogP contribution in [0.3, 0.4) is 0 Å². The van der Waals surface area contributed by atoms with Crippen LogP contribution < -0.4 is 24.8 Å². The lowest BCUT2D eigenvalue weighted by atomic mass is 9.90. The van der Waals surface area contributed by atoms with Gasteiger partial charge in [-0.1, -0.05) is 0 Å². The molecule has 9 heteroatoms. The minimum atomic E-state index is -0.791. The number of amides is 2. The van der Waals surface area contributed by atoms with Crippen LogP contribution in [0.4, 0.5) is 4.79 Å². The van der Waals surface area contributed by atoms with Gasteiger partial charge >= 0.3 is 6.03 Å². The van der Waals surface area contributed by atoms with Crippen LogP contribution in [0.15, 0.2) is 66.9 Å². The van der Waals surface area contributed by atoms with Crippen molar-refractivity contribution >= 4 is 11.8 Å². The van der Waals surface area contributed by atoms with E-state index in [2.05, 4.69) is 15.6 Å². The van der Waals surface area contributed by atoms with E-state index in [0.717, 1.165) is 5.69 Å². The third kappa shape index (κ3) is 3.87. The lowest BCUT2D eigenvalue weighted by molar-refractivity contribution is 0.102. The molecule has 32 heavy (non-hydrogen) atoms. The summed E-state index contributed by atoms with van der Waals surface area (Å²) in [5.74, 6) is 1.11. The Balaban J connectivity index is 1.74. The van der Waals surface area contributed by atoms with Gasteiger partial charge in [0.25, 0.3) is 0 Å².